The number of rotatable bonds is 5. The van der Waals surface area contributed by atoms with Crippen LogP contribution < -0.4 is 4.74 Å². The van der Waals surface area contributed by atoms with Gasteiger partial charge in [0.05, 0.1) is 0 Å². The van der Waals surface area contributed by atoms with Crippen LogP contribution in [0.3, 0.4) is 0 Å². The van der Waals surface area contributed by atoms with E-state index in [1.807, 2.05) is 0 Å². The fraction of sp³-hybridized carbons (Fsp3) is 0.143. The number of benzene rings is 1. The highest BCUT2D eigenvalue weighted by atomic mass is 19.3. The van der Waals surface area contributed by atoms with Crippen molar-refractivity contribution in [1.29, 1.82) is 0 Å². The summed E-state index contributed by atoms with van der Waals surface area (Å²) in [5.74, 6) is -0.0507. The van der Waals surface area contributed by atoms with E-state index >= 15 is 0 Å². The number of hydrogen-bond donors (Lipinski definition) is 0. The van der Waals surface area contributed by atoms with Gasteiger partial charge >= 0.3 is 6.61 Å². The Hall–Kier alpha value is -2.30. The van der Waals surface area contributed by atoms with Gasteiger partial charge in [0.2, 0.25) is 0 Å². The topological polar surface area (TPSA) is 39.2 Å². The van der Waals surface area contributed by atoms with Gasteiger partial charge in [0.25, 0.3) is 0 Å². The molecule has 0 N–H and O–H groups in total. The molecule has 1 aromatic heterocycles. The highest BCUT2D eigenvalue weighted by Crippen LogP contribution is 2.16. The molecule has 0 unspecified atom stereocenters. The first-order valence-electron chi connectivity index (χ1n) is 5.62. The van der Waals surface area contributed by atoms with Crippen molar-refractivity contribution in [2.24, 2.45) is 0 Å². The van der Waals surface area contributed by atoms with Gasteiger partial charge in [-0.3, -0.25) is 9.78 Å². The van der Waals surface area contributed by atoms with Crippen molar-refractivity contribution in [3.8, 4) is 5.75 Å². The van der Waals surface area contributed by atoms with Crippen molar-refractivity contribution in [3.63, 3.8) is 0 Å². The molecule has 0 saturated heterocycles. The zero-order chi connectivity index (χ0) is 13.7. The lowest BCUT2D eigenvalue weighted by atomic mass is 10.0. The van der Waals surface area contributed by atoms with Gasteiger partial charge in [-0.25, -0.2) is 0 Å². The monoisotopic (exact) mass is 263 g/mol. The molecular weight excluding hydrogens is 252 g/mol. The highest BCUT2D eigenvalue weighted by molar-refractivity contribution is 5.97. The Morgan fingerprint density at radius 3 is 2.32 bits per heavy atom. The van der Waals surface area contributed by atoms with E-state index in [2.05, 4.69) is 9.72 Å². The van der Waals surface area contributed by atoms with Gasteiger partial charge in [0.1, 0.15) is 5.75 Å². The molecule has 0 amide bonds. The molecule has 2 rings (SSSR count). The van der Waals surface area contributed by atoms with E-state index < -0.39 is 6.61 Å². The third-order valence-corrected chi connectivity index (χ3v) is 2.52. The number of nitrogens with zero attached hydrogens (tertiary/aromatic N) is 1. The lowest BCUT2D eigenvalue weighted by molar-refractivity contribution is -0.0498. The molecule has 0 saturated carbocycles. The molecule has 2 aromatic rings. The Balaban J connectivity index is 2.04. The predicted octanol–water partition coefficient (Wildman–Crippen LogP) is 3.11. The summed E-state index contributed by atoms with van der Waals surface area (Å²) in [5.41, 5.74) is 1.31. The zero-order valence-corrected chi connectivity index (χ0v) is 9.92. The maximum absolute atomic E-state index is 12.0. The van der Waals surface area contributed by atoms with Gasteiger partial charge < -0.3 is 4.74 Å². The average molecular weight is 263 g/mol. The number of carbonyl (C=O) groups is 1. The summed E-state index contributed by atoms with van der Waals surface area (Å²) < 4.78 is 28.2. The zero-order valence-electron chi connectivity index (χ0n) is 9.92. The first-order valence-corrected chi connectivity index (χ1v) is 5.62. The van der Waals surface area contributed by atoms with Crippen molar-refractivity contribution in [1.82, 2.24) is 4.98 Å². The first kappa shape index (κ1) is 13.1. The molecule has 0 aliphatic rings. The highest BCUT2D eigenvalue weighted by Gasteiger charge is 2.08. The number of carbonyl (C=O) groups excluding carboxylic acids is 1. The summed E-state index contributed by atoms with van der Waals surface area (Å²) in [5, 5.41) is 0. The fourth-order valence-corrected chi connectivity index (χ4v) is 1.61. The molecule has 5 heteroatoms. The number of hydrogen-bond acceptors (Lipinski definition) is 3. The lowest BCUT2D eigenvalue weighted by Crippen LogP contribution is -2.05. The van der Waals surface area contributed by atoms with Crippen LogP contribution in [-0.2, 0) is 6.42 Å². The molecule has 1 aromatic carbocycles. The third-order valence-electron chi connectivity index (χ3n) is 2.52. The maximum atomic E-state index is 12.0. The largest absolute Gasteiger partial charge is 0.435 e. The van der Waals surface area contributed by atoms with E-state index in [-0.39, 0.29) is 18.0 Å². The van der Waals surface area contributed by atoms with Crippen LogP contribution in [0.4, 0.5) is 8.78 Å². The number of pyridine rings is 1. The van der Waals surface area contributed by atoms with Crippen LogP contribution in [0.15, 0.2) is 48.8 Å². The summed E-state index contributed by atoms with van der Waals surface area (Å²) in [4.78, 5) is 15.8. The molecule has 0 aliphatic heterocycles. The SMILES string of the molecule is O=C(Cc1ccncc1)c1ccc(OC(F)F)cc1. The summed E-state index contributed by atoms with van der Waals surface area (Å²) in [6, 6.07) is 9.17. The molecule has 0 fully saturated rings. The van der Waals surface area contributed by atoms with E-state index in [9.17, 15) is 13.6 Å². The van der Waals surface area contributed by atoms with E-state index in [0.29, 0.717) is 5.56 Å². The smallest absolute Gasteiger partial charge is 0.387 e. The summed E-state index contributed by atoms with van der Waals surface area (Å²) in [6.45, 7) is -2.86. The van der Waals surface area contributed by atoms with Crippen molar-refractivity contribution in [2.75, 3.05) is 0 Å². The minimum Gasteiger partial charge on any atom is -0.435 e. The lowest BCUT2D eigenvalue weighted by Gasteiger charge is -2.05. The second-order valence-corrected chi connectivity index (χ2v) is 3.86. The molecule has 3 nitrogen and oxygen atoms in total. The van der Waals surface area contributed by atoms with Crippen LogP contribution in [0, 0.1) is 0 Å². The Morgan fingerprint density at radius 1 is 1.11 bits per heavy atom. The van der Waals surface area contributed by atoms with Crippen LogP contribution in [0.2, 0.25) is 0 Å². The van der Waals surface area contributed by atoms with Crippen molar-refractivity contribution in [2.45, 2.75) is 13.0 Å². The second kappa shape index (κ2) is 6.04. The average Bonchev–Trinajstić information content (AvgIpc) is 2.40. The number of ketones is 1. The van der Waals surface area contributed by atoms with Crippen molar-refractivity contribution >= 4 is 5.78 Å². The predicted molar refractivity (Wildman–Crippen MR) is 65.3 cm³/mol. The minimum absolute atomic E-state index is 0.0375. The Labute approximate surface area is 108 Å². The standard InChI is InChI=1S/C14H11F2NO2/c15-14(16)19-12-3-1-11(2-4-12)13(18)9-10-5-7-17-8-6-10/h1-8,14H,9H2. The molecule has 0 radical (unpaired) electrons. The number of halogens is 2. The van der Waals surface area contributed by atoms with E-state index in [1.165, 1.54) is 24.3 Å². The van der Waals surface area contributed by atoms with Crippen LogP contribution in [-0.4, -0.2) is 17.4 Å². The number of alkyl halides is 2. The number of aromatic nitrogens is 1. The summed E-state index contributed by atoms with van der Waals surface area (Å²) in [7, 11) is 0. The molecule has 0 aliphatic carbocycles. The number of Topliss-reactive ketones (excluding diaryl/α,β-unsaturated/α-hetero) is 1. The van der Waals surface area contributed by atoms with Crippen LogP contribution in [0.1, 0.15) is 15.9 Å². The van der Waals surface area contributed by atoms with Gasteiger partial charge in [-0.2, -0.15) is 8.78 Å². The van der Waals surface area contributed by atoms with E-state index in [1.54, 1.807) is 24.5 Å². The molecule has 0 atom stereocenters. The van der Waals surface area contributed by atoms with Crippen molar-refractivity contribution < 1.29 is 18.3 Å². The van der Waals surface area contributed by atoms with Gasteiger partial charge in [-0.05, 0) is 42.0 Å². The van der Waals surface area contributed by atoms with Gasteiger partial charge in [-0.15, -0.1) is 0 Å². The van der Waals surface area contributed by atoms with Gasteiger partial charge in [0, 0.05) is 24.4 Å². The molecule has 1 heterocycles. The van der Waals surface area contributed by atoms with Gasteiger partial charge in [-0.1, -0.05) is 0 Å². The first-order chi connectivity index (χ1) is 9.15. The normalized spacial score (nSPS) is 10.5. The molecular formula is C14H11F2NO2. The summed E-state index contributed by atoms with van der Waals surface area (Å²) in [6.07, 6.45) is 3.47. The Morgan fingerprint density at radius 2 is 1.74 bits per heavy atom. The molecule has 98 valence electrons. The Bertz CT molecular complexity index is 541. The van der Waals surface area contributed by atoms with Crippen LogP contribution in [0.5, 0.6) is 5.75 Å². The molecule has 0 spiro atoms. The third kappa shape index (κ3) is 3.84. The minimum atomic E-state index is -2.86. The van der Waals surface area contributed by atoms with E-state index in [4.69, 9.17) is 0 Å². The number of ether oxygens (including phenoxy) is 1. The van der Waals surface area contributed by atoms with Gasteiger partial charge in [0.15, 0.2) is 5.78 Å². The molecule has 0 bridgehead atoms. The quantitative estimate of drug-likeness (QED) is 0.778. The second-order valence-electron chi connectivity index (χ2n) is 3.86. The summed E-state index contributed by atoms with van der Waals surface area (Å²) >= 11 is 0. The van der Waals surface area contributed by atoms with Crippen LogP contribution >= 0.6 is 0 Å². The van der Waals surface area contributed by atoms with Crippen LogP contribution in [0.25, 0.3) is 0 Å². The van der Waals surface area contributed by atoms with Crippen molar-refractivity contribution in [3.05, 3.63) is 59.9 Å². The molecule has 19 heavy (non-hydrogen) atoms. The van der Waals surface area contributed by atoms with E-state index in [0.717, 1.165) is 5.56 Å². The fourth-order valence-electron chi connectivity index (χ4n) is 1.61. The maximum Gasteiger partial charge on any atom is 0.387 e. The Kier molecular flexibility index (Phi) is 4.18.